The molecule has 7 nitrogen and oxygen atoms in total. The number of carbonyl (C=O) groups excluding carboxylic acids is 1. The van der Waals surface area contributed by atoms with E-state index >= 15 is 0 Å². The van der Waals surface area contributed by atoms with Crippen molar-refractivity contribution in [3.05, 3.63) is 48.3 Å². The second-order valence-electron chi connectivity index (χ2n) is 5.65. The molecule has 0 unspecified atom stereocenters. The third-order valence-corrected chi connectivity index (χ3v) is 4.92. The third kappa shape index (κ3) is 5.33. The van der Waals surface area contributed by atoms with Gasteiger partial charge in [-0.05, 0) is 24.3 Å². The first-order valence-corrected chi connectivity index (χ1v) is 9.85. The van der Waals surface area contributed by atoms with Gasteiger partial charge in [-0.3, -0.25) is 9.10 Å². The fraction of sp³-hybridized carbons (Fsp3) is 0.278. The molecule has 146 valence electrons. The summed E-state index contributed by atoms with van der Waals surface area (Å²) in [6.45, 7) is -0.150. The van der Waals surface area contributed by atoms with Crippen LogP contribution in [0.1, 0.15) is 6.42 Å². The quantitative estimate of drug-likeness (QED) is 0.742. The van der Waals surface area contributed by atoms with E-state index in [0.717, 1.165) is 10.6 Å². The summed E-state index contributed by atoms with van der Waals surface area (Å²) in [5.41, 5.74) is 0.283. The number of ether oxygens (including phenoxy) is 2. The highest BCUT2D eigenvalue weighted by Crippen LogP contribution is 2.33. The molecule has 0 saturated heterocycles. The van der Waals surface area contributed by atoms with Gasteiger partial charge in [0.15, 0.2) is 0 Å². The van der Waals surface area contributed by atoms with Gasteiger partial charge in [-0.2, -0.15) is 0 Å². The summed E-state index contributed by atoms with van der Waals surface area (Å²) in [6, 6.07) is 10.5. The van der Waals surface area contributed by atoms with Crippen LogP contribution in [0, 0.1) is 5.82 Å². The number of methoxy groups -OCH3 is 2. The summed E-state index contributed by atoms with van der Waals surface area (Å²) in [5, 5.41) is 2.43. The van der Waals surface area contributed by atoms with Crippen LogP contribution < -0.4 is 19.1 Å². The molecule has 1 amide bonds. The van der Waals surface area contributed by atoms with Gasteiger partial charge in [0.05, 0.1) is 31.9 Å². The first-order chi connectivity index (χ1) is 12.8. The Morgan fingerprint density at radius 3 is 2.44 bits per heavy atom. The smallest absolute Gasteiger partial charge is 0.232 e. The van der Waals surface area contributed by atoms with E-state index in [1.165, 1.54) is 38.5 Å². The normalized spacial score (nSPS) is 11.0. The molecule has 2 rings (SSSR count). The molecular formula is C18H21FN2O5S. The fourth-order valence-corrected chi connectivity index (χ4v) is 3.36. The van der Waals surface area contributed by atoms with Crippen LogP contribution in [0.4, 0.5) is 15.8 Å². The van der Waals surface area contributed by atoms with Crippen molar-refractivity contribution in [2.45, 2.75) is 6.42 Å². The molecule has 9 heteroatoms. The number of rotatable bonds is 8. The summed E-state index contributed by atoms with van der Waals surface area (Å²) in [6.07, 6.45) is 0.850. The second kappa shape index (κ2) is 8.72. The average Bonchev–Trinajstić information content (AvgIpc) is 2.62. The Bertz CT molecular complexity index is 918. The minimum Gasteiger partial charge on any atom is -0.497 e. The molecule has 0 spiro atoms. The first-order valence-electron chi connectivity index (χ1n) is 8.00. The van der Waals surface area contributed by atoms with Crippen molar-refractivity contribution in [2.24, 2.45) is 0 Å². The van der Waals surface area contributed by atoms with Gasteiger partial charge < -0.3 is 14.8 Å². The first kappa shape index (κ1) is 20.5. The van der Waals surface area contributed by atoms with E-state index < -0.39 is 21.7 Å². The van der Waals surface area contributed by atoms with Crippen LogP contribution in [0.3, 0.4) is 0 Å². The molecule has 0 aromatic heterocycles. The molecule has 0 fully saturated rings. The zero-order chi connectivity index (χ0) is 20.0. The van der Waals surface area contributed by atoms with Gasteiger partial charge in [-0.1, -0.05) is 12.1 Å². The maximum Gasteiger partial charge on any atom is 0.232 e. The largest absolute Gasteiger partial charge is 0.497 e. The molecule has 0 bridgehead atoms. The van der Waals surface area contributed by atoms with Crippen molar-refractivity contribution >= 4 is 27.3 Å². The van der Waals surface area contributed by atoms with Crippen LogP contribution in [0.2, 0.25) is 0 Å². The van der Waals surface area contributed by atoms with Crippen LogP contribution >= 0.6 is 0 Å². The lowest BCUT2D eigenvalue weighted by atomic mass is 10.2. The molecule has 0 heterocycles. The summed E-state index contributed by atoms with van der Waals surface area (Å²) in [4.78, 5) is 12.1. The summed E-state index contributed by atoms with van der Waals surface area (Å²) < 4.78 is 49.6. The lowest BCUT2D eigenvalue weighted by Gasteiger charge is -2.24. The zero-order valence-corrected chi connectivity index (χ0v) is 16.0. The summed E-state index contributed by atoms with van der Waals surface area (Å²) in [7, 11) is -0.839. The molecule has 0 atom stereocenters. The summed E-state index contributed by atoms with van der Waals surface area (Å²) >= 11 is 0. The molecule has 2 aromatic rings. The Morgan fingerprint density at radius 2 is 1.85 bits per heavy atom. The maximum atomic E-state index is 13.6. The molecule has 0 saturated carbocycles. The number of hydrogen-bond donors (Lipinski definition) is 1. The van der Waals surface area contributed by atoms with E-state index in [4.69, 9.17) is 9.47 Å². The average molecular weight is 396 g/mol. The van der Waals surface area contributed by atoms with E-state index in [1.54, 1.807) is 18.2 Å². The minimum atomic E-state index is -3.71. The minimum absolute atomic E-state index is 0.0346. The van der Waals surface area contributed by atoms with Gasteiger partial charge in [-0.25, -0.2) is 12.8 Å². The number of para-hydroxylation sites is 1. The van der Waals surface area contributed by atoms with Gasteiger partial charge >= 0.3 is 0 Å². The topological polar surface area (TPSA) is 84.9 Å². The van der Waals surface area contributed by atoms with Crippen molar-refractivity contribution in [3.63, 3.8) is 0 Å². The lowest BCUT2D eigenvalue weighted by Crippen LogP contribution is -2.33. The Morgan fingerprint density at radius 1 is 1.15 bits per heavy atom. The van der Waals surface area contributed by atoms with E-state index in [1.807, 2.05) is 0 Å². The number of halogens is 1. The Kier molecular flexibility index (Phi) is 6.62. The number of sulfonamides is 1. The van der Waals surface area contributed by atoms with Crippen LogP contribution in [0.25, 0.3) is 0 Å². The van der Waals surface area contributed by atoms with Crippen molar-refractivity contribution in [1.29, 1.82) is 0 Å². The molecule has 0 aliphatic heterocycles. The van der Waals surface area contributed by atoms with Crippen LogP contribution in [-0.4, -0.2) is 41.3 Å². The highest BCUT2D eigenvalue weighted by Gasteiger charge is 2.23. The van der Waals surface area contributed by atoms with Gasteiger partial charge in [0, 0.05) is 19.0 Å². The van der Waals surface area contributed by atoms with E-state index in [0.29, 0.717) is 11.5 Å². The van der Waals surface area contributed by atoms with Crippen molar-refractivity contribution in [3.8, 4) is 11.5 Å². The second-order valence-corrected chi connectivity index (χ2v) is 7.56. The van der Waals surface area contributed by atoms with Gasteiger partial charge in [0.1, 0.15) is 17.3 Å². The van der Waals surface area contributed by atoms with Crippen molar-refractivity contribution in [1.82, 2.24) is 0 Å². The molecular weight excluding hydrogens is 375 g/mol. The monoisotopic (exact) mass is 396 g/mol. The van der Waals surface area contributed by atoms with Crippen LogP contribution in [0.15, 0.2) is 42.5 Å². The maximum absolute atomic E-state index is 13.6. The highest BCUT2D eigenvalue weighted by molar-refractivity contribution is 7.92. The fourth-order valence-electron chi connectivity index (χ4n) is 2.43. The number of carbonyl (C=O) groups is 1. The van der Waals surface area contributed by atoms with E-state index in [9.17, 15) is 17.6 Å². The predicted molar refractivity (Wildman–Crippen MR) is 101 cm³/mol. The Hall–Kier alpha value is -2.81. The Labute approximate surface area is 157 Å². The van der Waals surface area contributed by atoms with Crippen molar-refractivity contribution < 1.29 is 27.1 Å². The van der Waals surface area contributed by atoms with Gasteiger partial charge in [0.2, 0.25) is 15.9 Å². The van der Waals surface area contributed by atoms with Crippen LogP contribution in [0.5, 0.6) is 11.5 Å². The molecule has 0 aliphatic carbocycles. The molecule has 27 heavy (non-hydrogen) atoms. The third-order valence-electron chi connectivity index (χ3n) is 3.74. The molecule has 0 aliphatic rings. The number of nitrogens with one attached hydrogen (secondary N) is 1. The molecule has 2 aromatic carbocycles. The molecule has 0 radical (unpaired) electrons. The predicted octanol–water partition coefficient (Wildman–Crippen LogP) is 2.64. The molecule has 1 N–H and O–H groups in total. The number of benzene rings is 2. The summed E-state index contributed by atoms with van der Waals surface area (Å²) in [5.74, 6) is -0.332. The number of hydrogen-bond acceptors (Lipinski definition) is 5. The van der Waals surface area contributed by atoms with E-state index in [-0.39, 0.29) is 24.3 Å². The SMILES string of the molecule is COc1ccc(OC)c(N(CCC(=O)Nc2ccccc2F)S(C)(=O)=O)c1. The van der Waals surface area contributed by atoms with Crippen LogP contribution in [-0.2, 0) is 14.8 Å². The number of nitrogens with zero attached hydrogens (tertiary/aromatic N) is 1. The van der Waals surface area contributed by atoms with E-state index in [2.05, 4.69) is 5.32 Å². The van der Waals surface area contributed by atoms with Crippen molar-refractivity contribution in [2.75, 3.05) is 36.6 Å². The lowest BCUT2D eigenvalue weighted by molar-refractivity contribution is -0.116. The zero-order valence-electron chi connectivity index (χ0n) is 15.2. The highest BCUT2D eigenvalue weighted by atomic mass is 32.2. The number of anilines is 2. The standard InChI is InChI=1S/C18H21FN2O5S/c1-25-13-8-9-17(26-2)16(12-13)21(27(3,23)24)11-10-18(22)20-15-7-5-4-6-14(15)19/h4-9,12H,10-11H2,1-3H3,(H,20,22). The Balaban J connectivity index is 2.21. The number of amides is 1. The van der Waals surface area contributed by atoms with Gasteiger partial charge in [-0.15, -0.1) is 0 Å². The van der Waals surface area contributed by atoms with Gasteiger partial charge in [0.25, 0.3) is 0 Å².